The Kier molecular flexibility index (Phi) is 4.41. The Bertz CT molecular complexity index is 891. The number of rotatable bonds is 5. The van der Waals surface area contributed by atoms with Gasteiger partial charge in [0.1, 0.15) is 0 Å². The SMILES string of the molecule is Nc1nnc(SCC(=O)Nc2nc3ccc(C(=O)O)cc3s2)s1. The molecule has 0 unspecified atom stereocenters. The largest absolute Gasteiger partial charge is 0.478 e. The van der Waals surface area contributed by atoms with Gasteiger partial charge in [-0.05, 0) is 18.2 Å². The summed E-state index contributed by atoms with van der Waals surface area (Å²) >= 11 is 3.67. The number of hydrogen-bond acceptors (Lipinski definition) is 9. The minimum atomic E-state index is -1.00. The molecule has 0 aliphatic heterocycles. The summed E-state index contributed by atoms with van der Waals surface area (Å²) in [7, 11) is 0. The summed E-state index contributed by atoms with van der Waals surface area (Å²) in [6.45, 7) is 0. The van der Waals surface area contributed by atoms with Crippen LogP contribution in [0.5, 0.6) is 0 Å². The van der Waals surface area contributed by atoms with Crippen LogP contribution in [0.1, 0.15) is 10.4 Å². The third-order valence-electron chi connectivity index (χ3n) is 2.63. The van der Waals surface area contributed by atoms with Crippen LogP contribution < -0.4 is 11.1 Å². The summed E-state index contributed by atoms with van der Waals surface area (Å²) in [6, 6.07) is 4.62. The molecule has 4 N–H and O–H groups in total. The molecule has 0 saturated carbocycles. The number of fused-ring (bicyclic) bond motifs is 1. The lowest BCUT2D eigenvalue weighted by molar-refractivity contribution is -0.113. The van der Waals surface area contributed by atoms with Crippen LogP contribution in [0.3, 0.4) is 0 Å². The fourth-order valence-electron chi connectivity index (χ4n) is 1.67. The van der Waals surface area contributed by atoms with Gasteiger partial charge in [0.15, 0.2) is 9.47 Å². The number of nitrogens with one attached hydrogen (secondary N) is 1. The topological polar surface area (TPSA) is 131 Å². The molecule has 0 radical (unpaired) electrons. The maximum Gasteiger partial charge on any atom is 0.335 e. The van der Waals surface area contributed by atoms with Crippen LogP contribution in [-0.4, -0.2) is 37.9 Å². The molecule has 1 aromatic carbocycles. The van der Waals surface area contributed by atoms with Crippen molar-refractivity contribution in [1.82, 2.24) is 15.2 Å². The van der Waals surface area contributed by atoms with Gasteiger partial charge in [0.05, 0.1) is 21.5 Å². The number of nitrogens with zero attached hydrogens (tertiary/aromatic N) is 3. The molecule has 8 nitrogen and oxygen atoms in total. The quantitative estimate of drug-likeness (QED) is 0.585. The van der Waals surface area contributed by atoms with Crippen molar-refractivity contribution in [3.05, 3.63) is 23.8 Å². The van der Waals surface area contributed by atoms with Crippen molar-refractivity contribution >= 4 is 66.8 Å². The van der Waals surface area contributed by atoms with E-state index < -0.39 is 5.97 Å². The summed E-state index contributed by atoms with van der Waals surface area (Å²) in [5.74, 6) is -1.08. The first-order valence-electron chi connectivity index (χ1n) is 6.17. The number of nitrogens with two attached hydrogens (primary N) is 1. The Morgan fingerprint density at radius 1 is 1.30 bits per heavy atom. The molecule has 0 aliphatic carbocycles. The van der Waals surface area contributed by atoms with E-state index in [-0.39, 0.29) is 17.2 Å². The highest BCUT2D eigenvalue weighted by molar-refractivity contribution is 8.01. The zero-order chi connectivity index (χ0) is 16.4. The summed E-state index contributed by atoms with van der Waals surface area (Å²) in [5, 5.41) is 19.9. The van der Waals surface area contributed by atoms with E-state index in [2.05, 4.69) is 20.5 Å². The Morgan fingerprint density at radius 2 is 2.13 bits per heavy atom. The van der Waals surface area contributed by atoms with Crippen molar-refractivity contribution in [2.75, 3.05) is 16.8 Å². The lowest BCUT2D eigenvalue weighted by atomic mass is 10.2. The number of thioether (sulfide) groups is 1. The molecule has 23 heavy (non-hydrogen) atoms. The van der Waals surface area contributed by atoms with E-state index in [9.17, 15) is 9.59 Å². The first kappa shape index (κ1) is 15.6. The molecule has 0 fully saturated rings. The third kappa shape index (κ3) is 3.75. The van der Waals surface area contributed by atoms with E-state index in [0.29, 0.717) is 24.8 Å². The zero-order valence-corrected chi connectivity index (χ0v) is 13.8. The molecule has 0 saturated heterocycles. The van der Waals surface area contributed by atoms with Crippen molar-refractivity contribution in [3.8, 4) is 0 Å². The van der Waals surface area contributed by atoms with Crippen LogP contribution in [0.2, 0.25) is 0 Å². The van der Waals surface area contributed by atoms with Gasteiger partial charge < -0.3 is 16.2 Å². The monoisotopic (exact) mass is 367 g/mol. The van der Waals surface area contributed by atoms with E-state index >= 15 is 0 Å². The number of amides is 1. The van der Waals surface area contributed by atoms with Gasteiger partial charge in [-0.2, -0.15) is 0 Å². The second kappa shape index (κ2) is 6.48. The van der Waals surface area contributed by atoms with Gasteiger partial charge in [-0.25, -0.2) is 9.78 Å². The standard InChI is InChI=1S/C12H9N5O3S3/c13-10-16-17-12(23-10)21-4-8(18)15-11-14-6-2-1-5(9(19)20)3-7(6)22-11/h1-3H,4H2,(H2,13,16)(H,19,20)(H,14,15,18). The molecule has 2 heterocycles. The average molecular weight is 367 g/mol. The third-order valence-corrected chi connectivity index (χ3v) is 5.45. The molecule has 2 aromatic heterocycles. The number of aromatic carboxylic acids is 1. The van der Waals surface area contributed by atoms with Gasteiger partial charge in [-0.3, -0.25) is 4.79 Å². The summed E-state index contributed by atoms with van der Waals surface area (Å²) in [5.41, 5.74) is 6.29. The Balaban J connectivity index is 1.66. The maximum absolute atomic E-state index is 11.9. The smallest absolute Gasteiger partial charge is 0.335 e. The molecule has 0 spiro atoms. The summed E-state index contributed by atoms with van der Waals surface area (Å²) in [6.07, 6.45) is 0. The zero-order valence-electron chi connectivity index (χ0n) is 11.3. The van der Waals surface area contributed by atoms with Gasteiger partial charge in [0, 0.05) is 0 Å². The highest BCUT2D eigenvalue weighted by Crippen LogP contribution is 2.28. The highest BCUT2D eigenvalue weighted by atomic mass is 32.2. The Hall–Kier alpha value is -2.24. The van der Waals surface area contributed by atoms with Crippen LogP contribution in [0.4, 0.5) is 10.3 Å². The number of nitrogen functional groups attached to an aromatic ring is 1. The second-order valence-electron chi connectivity index (χ2n) is 4.25. The van der Waals surface area contributed by atoms with Crippen molar-refractivity contribution in [3.63, 3.8) is 0 Å². The lowest BCUT2D eigenvalue weighted by Crippen LogP contribution is -2.13. The molecule has 0 aliphatic rings. The number of anilines is 2. The van der Waals surface area contributed by atoms with Crippen LogP contribution in [0.25, 0.3) is 10.2 Å². The molecule has 11 heteroatoms. The van der Waals surface area contributed by atoms with E-state index in [1.807, 2.05) is 0 Å². The normalized spacial score (nSPS) is 10.8. The van der Waals surface area contributed by atoms with Gasteiger partial charge in [-0.1, -0.05) is 34.4 Å². The molecular formula is C12H9N5O3S3. The second-order valence-corrected chi connectivity index (χ2v) is 7.51. The lowest BCUT2D eigenvalue weighted by Gasteiger charge is -1.98. The maximum atomic E-state index is 11.9. The first-order valence-corrected chi connectivity index (χ1v) is 8.78. The van der Waals surface area contributed by atoms with Gasteiger partial charge in [0.2, 0.25) is 11.0 Å². The molecule has 1 amide bonds. The fourth-order valence-corrected chi connectivity index (χ4v) is 4.03. The van der Waals surface area contributed by atoms with E-state index in [1.54, 1.807) is 6.07 Å². The Labute approximate surface area is 141 Å². The van der Waals surface area contributed by atoms with Crippen molar-refractivity contribution in [2.24, 2.45) is 0 Å². The number of aromatic nitrogens is 3. The van der Waals surface area contributed by atoms with Gasteiger partial charge in [-0.15, -0.1) is 10.2 Å². The summed E-state index contributed by atoms with van der Waals surface area (Å²) in [4.78, 5) is 27.1. The molecule has 118 valence electrons. The van der Waals surface area contributed by atoms with E-state index in [4.69, 9.17) is 10.8 Å². The van der Waals surface area contributed by atoms with Gasteiger partial charge >= 0.3 is 5.97 Å². The number of hydrogen-bond donors (Lipinski definition) is 3. The first-order chi connectivity index (χ1) is 11.0. The van der Waals surface area contributed by atoms with Crippen molar-refractivity contribution in [1.29, 1.82) is 0 Å². The predicted octanol–water partition coefficient (Wildman–Crippen LogP) is 2.16. The van der Waals surface area contributed by atoms with Crippen molar-refractivity contribution < 1.29 is 14.7 Å². The number of benzene rings is 1. The Morgan fingerprint density at radius 3 is 2.83 bits per heavy atom. The molecule has 0 bridgehead atoms. The number of carboxylic acid groups (broad SMARTS) is 1. The predicted molar refractivity (Wildman–Crippen MR) is 90.3 cm³/mol. The minimum absolute atomic E-state index is 0.158. The number of carboxylic acids is 1. The number of carbonyl (C=O) groups is 2. The fraction of sp³-hybridized carbons (Fsp3) is 0.0833. The molecule has 0 atom stereocenters. The van der Waals surface area contributed by atoms with E-state index in [0.717, 1.165) is 0 Å². The molecule has 3 aromatic rings. The highest BCUT2D eigenvalue weighted by Gasteiger charge is 2.11. The summed E-state index contributed by atoms with van der Waals surface area (Å²) < 4.78 is 1.32. The average Bonchev–Trinajstić information content (AvgIpc) is 3.09. The number of thiazole rings is 1. The van der Waals surface area contributed by atoms with Crippen LogP contribution in [-0.2, 0) is 4.79 Å². The minimum Gasteiger partial charge on any atom is -0.478 e. The van der Waals surface area contributed by atoms with Gasteiger partial charge in [0.25, 0.3) is 0 Å². The van der Waals surface area contributed by atoms with Crippen molar-refractivity contribution in [2.45, 2.75) is 4.34 Å². The number of carbonyl (C=O) groups excluding carboxylic acids is 1. The molecule has 3 rings (SSSR count). The van der Waals surface area contributed by atoms with E-state index in [1.165, 1.54) is 46.6 Å². The van der Waals surface area contributed by atoms with Crippen LogP contribution >= 0.6 is 34.4 Å². The molecular weight excluding hydrogens is 358 g/mol. The van der Waals surface area contributed by atoms with Crippen LogP contribution in [0, 0.1) is 0 Å². The van der Waals surface area contributed by atoms with Crippen LogP contribution in [0.15, 0.2) is 22.5 Å².